The van der Waals surface area contributed by atoms with Crippen LogP contribution in [-0.4, -0.2) is 19.7 Å². The van der Waals surface area contributed by atoms with E-state index in [0.717, 1.165) is 29.1 Å². The SMILES string of the molecule is CCC(Nc1cncc(-c2nncn2C)c1)c1ccc(F)cc1. The van der Waals surface area contributed by atoms with Crippen molar-refractivity contribution in [2.75, 3.05) is 5.32 Å². The average molecular weight is 311 g/mol. The van der Waals surface area contributed by atoms with Gasteiger partial charge in [0.1, 0.15) is 12.1 Å². The molecule has 0 aliphatic carbocycles. The van der Waals surface area contributed by atoms with Gasteiger partial charge >= 0.3 is 0 Å². The molecular formula is C17H18FN5. The Labute approximate surface area is 134 Å². The second-order valence-electron chi connectivity index (χ2n) is 5.38. The number of hydrogen-bond donors (Lipinski definition) is 1. The molecule has 0 amide bonds. The van der Waals surface area contributed by atoms with Crippen LogP contribution in [-0.2, 0) is 7.05 Å². The highest BCUT2D eigenvalue weighted by molar-refractivity contribution is 5.60. The summed E-state index contributed by atoms with van der Waals surface area (Å²) < 4.78 is 14.9. The molecule has 1 unspecified atom stereocenters. The highest BCUT2D eigenvalue weighted by Crippen LogP contribution is 2.25. The minimum atomic E-state index is -0.227. The Morgan fingerprint density at radius 1 is 1.22 bits per heavy atom. The van der Waals surface area contributed by atoms with Crippen LogP contribution in [0.3, 0.4) is 0 Å². The number of anilines is 1. The predicted molar refractivity (Wildman–Crippen MR) is 87.3 cm³/mol. The maximum Gasteiger partial charge on any atom is 0.165 e. The van der Waals surface area contributed by atoms with Gasteiger partial charge in [0.25, 0.3) is 0 Å². The lowest BCUT2D eigenvalue weighted by atomic mass is 10.0. The van der Waals surface area contributed by atoms with Crippen LogP contribution >= 0.6 is 0 Å². The van der Waals surface area contributed by atoms with Crippen LogP contribution < -0.4 is 5.32 Å². The number of nitrogens with one attached hydrogen (secondary N) is 1. The Hall–Kier alpha value is -2.76. The van der Waals surface area contributed by atoms with Crippen LogP contribution in [0.25, 0.3) is 11.4 Å². The van der Waals surface area contributed by atoms with Gasteiger partial charge in [-0.2, -0.15) is 0 Å². The Kier molecular flexibility index (Phi) is 4.32. The number of halogens is 1. The van der Waals surface area contributed by atoms with Crippen molar-refractivity contribution in [2.45, 2.75) is 19.4 Å². The molecule has 0 aliphatic rings. The molecule has 0 fully saturated rings. The van der Waals surface area contributed by atoms with Crippen LogP contribution in [0.2, 0.25) is 0 Å². The summed E-state index contributed by atoms with van der Waals surface area (Å²) in [5.74, 6) is 0.533. The van der Waals surface area contributed by atoms with Crippen molar-refractivity contribution in [3.8, 4) is 11.4 Å². The molecule has 0 spiro atoms. The van der Waals surface area contributed by atoms with Gasteiger partial charge in [-0.3, -0.25) is 4.98 Å². The maximum atomic E-state index is 13.1. The summed E-state index contributed by atoms with van der Waals surface area (Å²) in [6, 6.07) is 8.64. The smallest absolute Gasteiger partial charge is 0.165 e. The van der Waals surface area contributed by atoms with E-state index >= 15 is 0 Å². The first kappa shape index (κ1) is 15.1. The van der Waals surface area contributed by atoms with Gasteiger partial charge in [0.2, 0.25) is 0 Å². The van der Waals surface area contributed by atoms with E-state index in [1.807, 2.05) is 17.7 Å². The van der Waals surface area contributed by atoms with E-state index in [9.17, 15) is 4.39 Å². The molecule has 0 saturated heterocycles. The van der Waals surface area contributed by atoms with Crippen LogP contribution in [0.4, 0.5) is 10.1 Å². The molecule has 3 aromatic rings. The van der Waals surface area contributed by atoms with Crippen molar-refractivity contribution in [2.24, 2.45) is 7.05 Å². The van der Waals surface area contributed by atoms with Gasteiger partial charge in [-0.1, -0.05) is 19.1 Å². The highest BCUT2D eigenvalue weighted by atomic mass is 19.1. The van der Waals surface area contributed by atoms with Crippen molar-refractivity contribution >= 4 is 5.69 Å². The van der Waals surface area contributed by atoms with E-state index in [0.29, 0.717) is 0 Å². The third-order valence-corrected chi connectivity index (χ3v) is 3.73. The highest BCUT2D eigenvalue weighted by Gasteiger charge is 2.11. The van der Waals surface area contributed by atoms with Crippen molar-refractivity contribution in [1.29, 1.82) is 0 Å². The van der Waals surface area contributed by atoms with Crippen molar-refractivity contribution in [3.63, 3.8) is 0 Å². The number of benzene rings is 1. The zero-order valence-corrected chi connectivity index (χ0v) is 13.1. The van der Waals surface area contributed by atoms with Crippen molar-refractivity contribution < 1.29 is 4.39 Å². The fourth-order valence-electron chi connectivity index (χ4n) is 2.50. The van der Waals surface area contributed by atoms with E-state index in [2.05, 4.69) is 27.4 Å². The first-order valence-electron chi connectivity index (χ1n) is 7.48. The van der Waals surface area contributed by atoms with Gasteiger partial charge in [0.05, 0.1) is 11.7 Å². The zero-order valence-electron chi connectivity index (χ0n) is 13.1. The quantitative estimate of drug-likeness (QED) is 0.782. The van der Waals surface area contributed by atoms with E-state index in [4.69, 9.17) is 0 Å². The van der Waals surface area contributed by atoms with Crippen LogP contribution in [0.1, 0.15) is 24.9 Å². The van der Waals surface area contributed by atoms with E-state index in [-0.39, 0.29) is 11.9 Å². The molecule has 6 heteroatoms. The summed E-state index contributed by atoms with van der Waals surface area (Å²) in [4.78, 5) is 4.27. The van der Waals surface area contributed by atoms with Gasteiger partial charge in [-0.25, -0.2) is 4.39 Å². The number of pyridine rings is 1. The van der Waals surface area contributed by atoms with Crippen LogP contribution in [0.5, 0.6) is 0 Å². The number of nitrogens with zero attached hydrogens (tertiary/aromatic N) is 4. The molecule has 2 aromatic heterocycles. The first-order valence-corrected chi connectivity index (χ1v) is 7.48. The van der Waals surface area contributed by atoms with Gasteiger partial charge in [0.15, 0.2) is 5.82 Å². The minimum Gasteiger partial charge on any atom is -0.377 e. The van der Waals surface area contributed by atoms with Crippen LogP contribution in [0.15, 0.2) is 49.1 Å². The molecule has 0 radical (unpaired) electrons. The molecular weight excluding hydrogens is 293 g/mol. The third kappa shape index (κ3) is 3.36. The lowest BCUT2D eigenvalue weighted by molar-refractivity contribution is 0.625. The molecule has 1 atom stereocenters. The summed E-state index contributed by atoms with van der Waals surface area (Å²) in [5, 5.41) is 11.4. The molecule has 0 bridgehead atoms. The van der Waals surface area contributed by atoms with Crippen molar-refractivity contribution in [3.05, 3.63) is 60.4 Å². The number of aryl methyl sites for hydroxylation is 1. The Balaban J connectivity index is 1.84. The third-order valence-electron chi connectivity index (χ3n) is 3.73. The summed E-state index contributed by atoms with van der Waals surface area (Å²) in [6.45, 7) is 2.08. The fraction of sp³-hybridized carbons (Fsp3) is 0.235. The second-order valence-corrected chi connectivity index (χ2v) is 5.38. The molecule has 5 nitrogen and oxygen atoms in total. The largest absolute Gasteiger partial charge is 0.377 e. The average Bonchev–Trinajstić information content (AvgIpc) is 3.00. The molecule has 2 heterocycles. The number of aromatic nitrogens is 4. The summed E-state index contributed by atoms with van der Waals surface area (Å²) in [5.41, 5.74) is 2.82. The summed E-state index contributed by atoms with van der Waals surface area (Å²) in [6.07, 6.45) is 6.06. The Morgan fingerprint density at radius 3 is 2.65 bits per heavy atom. The lowest BCUT2D eigenvalue weighted by Crippen LogP contribution is -2.10. The van der Waals surface area contributed by atoms with Gasteiger partial charge in [-0.05, 0) is 30.2 Å². The topological polar surface area (TPSA) is 55.6 Å². The minimum absolute atomic E-state index is 0.0900. The summed E-state index contributed by atoms with van der Waals surface area (Å²) in [7, 11) is 1.89. The molecule has 0 aliphatic heterocycles. The molecule has 1 N–H and O–H groups in total. The van der Waals surface area contributed by atoms with Crippen molar-refractivity contribution in [1.82, 2.24) is 19.7 Å². The lowest BCUT2D eigenvalue weighted by Gasteiger charge is -2.19. The number of hydrogen-bond acceptors (Lipinski definition) is 4. The Bertz CT molecular complexity index is 782. The normalized spacial score (nSPS) is 12.1. The molecule has 118 valence electrons. The van der Waals surface area contributed by atoms with E-state index in [1.54, 1.807) is 30.9 Å². The molecule has 23 heavy (non-hydrogen) atoms. The van der Waals surface area contributed by atoms with Gasteiger partial charge in [0, 0.05) is 25.0 Å². The van der Waals surface area contributed by atoms with Gasteiger partial charge < -0.3 is 9.88 Å². The van der Waals surface area contributed by atoms with Crippen LogP contribution in [0, 0.1) is 5.82 Å². The summed E-state index contributed by atoms with van der Waals surface area (Å²) >= 11 is 0. The van der Waals surface area contributed by atoms with E-state index < -0.39 is 0 Å². The first-order chi connectivity index (χ1) is 11.2. The maximum absolute atomic E-state index is 13.1. The predicted octanol–water partition coefficient (Wildman–Crippen LogP) is 3.58. The molecule has 1 aromatic carbocycles. The fourth-order valence-corrected chi connectivity index (χ4v) is 2.50. The van der Waals surface area contributed by atoms with E-state index in [1.165, 1.54) is 12.1 Å². The zero-order chi connectivity index (χ0) is 16.2. The van der Waals surface area contributed by atoms with Gasteiger partial charge in [-0.15, -0.1) is 10.2 Å². The molecule has 0 saturated carbocycles. The molecule has 3 rings (SSSR count). The Morgan fingerprint density at radius 2 is 2.00 bits per heavy atom. The number of rotatable bonds is 5. The monoisotopic (exact) mass is 311 g/mol. The second kappa shape index (κ2) is 6.56. The standard InChI is InChI=1S/C17H18FN5/c1-3-16(12-4-6-14(18)7-5-12)21-15-8-13(9-19-10-15)17-22-20-11-23(17)2/h4-11,16,21H,3H2,1-2H3.